The van der Waals surface area contributed by atoms with Crippen LogP contribution in [-0.2, 0) is 12.6 Å². The van der Waals surface area contributed by atoms with Gasteiger partial charge in [0.05, 0.1) is 0 Å². The van der Waals surface area contributed by atoms with Gasteiger partial charge in [0.2, 0.25) is 0 Å². The van der Waals surface area contributed by atoms with Gasteiger partial charge in [0, 0.05) is 0 Å². The summed E-state index contributed by atoms with van der Waals surface area (Å²) in [6.45, 7) is 8.59. The van der Waals surface area contributed by atoms with Crippen LogP contribution in [0.3, 0.4) is 0 Å². The molecule has 0 aliphatic carbocycles. The number of unbranched alkanes of at least 4 members (excludes halogenated alkanes) is 1. The van der Waals surface area contributed by atoms with Gasteiger partial charge in [0.15, 0.2) is 0 Å². The molecule has 0 aliphatic heterocycles. The van der Waals surface area contributed by atoms with Crippen LogP contribution in [0, 0.1) is 7.14 Å². The summed E-state index contributed by atoms with van der Waals surface area (Å²) in [7, 11) is -5.37. The maximum absolute atomic E-state index is 12.6. The van der Waals surface area contributed by atoms with Crippen LogP contribution in [0.5, 0.6) is 5.75 Å². The first-order valence-corrected chi connectivity index (χ1v) is 17.5. The van der Waals surface area contributed by atoms with Crippen molar-refractivity contribution in [3.8, 4) is 5.75 Å². The van der Waals surface area contributed by atoms with Gasteiger partial charge >= 0.3 is 186 Å². The molecular weight excluding hydrogens is 515 g/mol. The molecule has 0 saturated carbocycles. The van der Waals surface area contributed by atoms with Crippen LogP contribution < -0.4 is 4.43 Å². The van der Waals surface area contributed by atoms with Gasteiger partial charge in [-0.2, -0.15) is 0 Å². The predicted octanol–water partition coefficient (Wildman–Crippen LogP) is 6.68. The fraction of sp³-hybridized carbons (Fsp3) is 0.455. The van der Waals surface area contributed by atoms with E-state index in [9.17, 15) is 8.42 Å². The number of halogens is 1. The molecule has 0 N–H and O–H groups in total. The van der Waals surface area contributed by atoms with Gasteiger partial charge in [0.1, 0.15) is 0 Å². The third-order valence-electron chi connectivity index (χ3n) is 5.10. The second-order valence-electron chi connectivity index (χ2n) is 7.03. The SMILES string of the molecule is CCCCS(=O)(=O)OI(c1ccccc1)c1cccc(O[Si](CC)(CC)CC)c1. The van der Waals surface area contributed by atoms with Gasteiger partial charge in [0.25, 0.3) is 0 Å². The molecule has 4 nitrogen and oxygen atoms in total. The monoisotopic (exact) mass is 548 g/mol. The van der Waals surface area contributed by atoms with Crippen LogP contribution in [0.25, 0.3) is 0 Å². The van der Waals surface area contributed by atoms with Crippen LogP contribution in [0.15, 0.2) is 54.6 Å². The van der Waals surface area contributed by atoms with Crippen molar-refractivity contribution in [1.29, 1.82) is 0 Å². The molecule has 2 aromatic rings. The third kappa shape index (κ3) is 7.08. The van der Waals surface area contributed by atoms with Crippen LogP contribution in [0.4, 0.5) is 0 Å². The molecule has 0 spiro atoms. The van der Waals surface area contributed by atoms with Gasteiger partial charge in [-0.15, -0.1) is 0 Å². The Hall–Kier alpha value is -0.903. The van der Waals surface area contributed by atoms with Crippen molar-refractivity contribution in [2.45, 2.75) is 58.7 Å². The van der Waals surface area contributed by atoms with Crippen molar-refractivity contribution in [3.05, 3.63) is 61.7 Å². The Morgan fingerprint density at radius 3 is 2.07 bits per heavy atom. The predicted molar refractivity (Wildman–Crippen MR) is 132 cm³/mol. The quantitative estimate of drug-likeness (QED) is 0.219. The van der Waals surface area contributed by atoms with E-state index in [4.69, 9.17) is 6.94 Å². The molecule has 0 aromatic heterocycles. The van der Waals surface area contributed by atoms with E-state index in [0.717, 1.165) is 37.4 Å². The first kappa shape index (κ1) is 24.4. The topological polar surface area (TPSA) is 52.6 Å². The first-order valence-electron chi connectivity index (χ1n) is 10.4. The molecule has 0 unspecified atom stereocenters. The molecule has 0 heterocycles. The average Bonchev–Trinajstić information content (AvgIpc) is 2.75. The van der Waals surface area contributed by atoms with Crippen molar-refractivity contribution < 1.29 is 15.4 Å². The molecule has 29 heavy (non-hydrogen) atoms. The van der Waals surface area contributed by atoms with E-state index in [-0.39, 0.29) is 5.75 Å². The summed E-state index contributed by atoms with van der Waals surface area (Å²) in [6, 6.07) is 20.9. The Labute approximate surface area is 185 Å². The molecule has 162 valence electrons. The van der Waals surface area contributed by atoms with E-state index in [0.29, 0.717) is 6.42 Å². The summed E-state index contributed by atoms with van der Waals surface area (Å²) in [5, 5.41) is 0. The van der Waals surface area contributed by atoms with E-state index in [1.54, 1.807) is 0 Å². The number of rotatable bonds is 12. The number of hydrogen-bond donors (Lipinski definition) is 0. The Kier molecular flexibility index (Phi) is 9.64. The molecule has 0 aliphatic rings. The maximum atomic E-state index is 12.6. The van der Waals surface area contributed by atoms with Crippen LogP contribution in [0.1, 0.15) is 40.5 Å². The van der Waals surface area contributed by atoms with Crippen molar-refractivity contribution in [3.63, 3.8) is 0 Å². The van der Waals surface area contributed by atoms with Crippen molar-refractivity contribution in [2.24, 2.45) is 0 Å². The fourth-order valence-corrected chi connectivity index (χ4v) is 13.0. The number of hydrogen-bond acceptors (Lipinski definition) is 4. The molecule has 0 radical (unpaired) electrons. The molecule has 0 fully saturated rings. The van der Waals surface area contributed by atoms with Crippen molar-refractivity contribution in [1.82, 2.24) is 0 Å². The average molecular weight is 549 g/mol. The first-order chi connectivity index (χ1) is 13.9. The summed E-state index contributed by atoms with van der Waals surface area (Å²) in [4.78, 5) is 0. The number of benzene rings is 2. The van der Waals surface area contributed by atoms with Crippen LogP contribution in [0.2, 0.25) is 18.1 Å². The second-order valence-corrected chi connectivity index (χ2v) is 18.4. The molecule has 0 bridgehead atoms. The Morgan fingerprint density at radius 1 is 0.862 bits per heavy atom. The summed E-state index contributed by atoms with van der Waals surface area (Å²) in [5.41, 5.74) is 0. The molecule has 7 heteroatoms. The summed E-state index contributed by atoms with van der Waals surface area (Å²) < 4.78 is 39.5. The Balaban J connectivity index is 2.39. The minimum atomic E-state index is -3.56. The zero-order chi connectivity index (χ0) is 21.3. The van der Waals surface area contributed by atoms with E-state index in [1.807, 2.05) is 61.5 Å². The Morgan fingerprint density at radius 2 is 1.48 bits per heavy atom. The zero-order valence-corrected chi connectivity index (χ0v) is 21.8. The van der Waals surface area contributed by atoms with Gasteiger partial charge in [-0.3, -0.25) is 0 Å². The van der Waals surface area contributed by atoms with E-state index in [1.165, 1.54) is 0 Å². The molecular formula is C22H33IO4SSi. The standard InChI is InChI=1S/C22H33IO4SSi/c1-5-9-18-28(24,25)27-23(20-14-11-10-12-15-20)21-16-13-17-22(19-21)26-29(6-2,7-3)8-4/h10-17,19H,5-9,18H2,1-4H3. The molecule has 2 aromatic carbocycles. The minimum absolute atomic E-state index is 0.0675. The third-order valence-corrected chi connectivity index (χ3v) is 17.1. The molecule has 0 saturated heterocycles. The molecule has 2 rings (SSSR count). The van der Waals surface area contributed by atoms with Gasteiger partial charge < -0.3 is 0 Å². The van der Waals surface area contributed by atoms with Gasteiger partial charge in [-0.1, -0.05) is 0 Å². The summed E-state index contributed by atoms with van der Waals surface area (Å²) in [6.07, 6.45) is 1.44. The van der Waals surface area contributed by atoms with Crippen molar-refractivity contribution in [2.75, 3.05) is 5.75 Å². The van der Waals surface area contributed by atoms with Crippen LogP contribution >= 0.6 is 20.2 Å². The Bertz CT molecular complexity index is 846. The second kappa shape index (κ2) is 11.5. The normalized spacial score (nSPS) is 12.6. The van der Waals surface area contributed by atoms with E-state index in [2.05, 4.69) is 20.8 Å². The van der Waals surface area contributed by atoms with Gasteiger partial charge in [-0.25, -0.2) is 0 Å². The van der Waals surface area contributed by atoms with E-state index < -0.39 is 38.7 Å². The van der Waals surface area contributed by atoms with E-state index >= 15 is 0 Å². The summed E-state index contributed by atoms with van der Waals surface area (Å²) >= 11 is -2.61. The molecule has 0 atom stereocenters. The molecule has 0 amide bonds. The summed E-state index contributed by atoms with van der Waals surface area (Å²) in [5.74, 6) is 0.908. The van der Waals surface area contributed by atoms with Crippen LogP contribution in [-0.4, -0.2) is 22.5 Å². The fourth-order valence-electron chi connectivity index (χ4n) is 3.03. The zero-order valence-electron chi connectivity index (χ0n) is 17.9. The van der Waals surface area contributed by atoms with Crippen molar-refractivity contribution >= 4 is 38.7 Å². The van der Waals surface area contributed by atoms with Gasteiger partial charge in [-0.05, 0) is 0 Å².